The van der Waals surface area contributed by atoms with Crippen LogP contribution >= 0.6 is 0 Å². The van der Waals surface area contributed by atoms with Crippen LogP contribution in [0.25, 0.3) is 0 Å². The van der Waals surface area contributed by atoms with E-state index in [0.717, 1.165) is 12.0 Å². The van der Waals surface area contributed by atoms with Crippen molar-refractivity contribution >= 4 is 22.5 Å². The van der Waals surface area contributed by atoms with Crippen LogP contribution in [0.1, 0.15) is 86.3 Å². The van der Waals surface area contributed by atoms with Crippen molar-refractivity contribution < 1.29 is 18.8 Å². The van der Waals surface area contributed by atoms with Gasteiger partial charge in [0.2, 0.25) is 5.91 Å². The molecule has 0 fully saturated rings. The van der Waals surface area contributed by atoms with Crippen molar-refractivity contribution in [3.05, 3.63) is 35.9 Å². The van der Waals surface area contributed by atoms with Gasteiger partial charge < -0.3 is 18.9 Å². The third-order valence-electron chi connectivity index (χ3n) is 8.74. The molecular formula is C30H57NO4Si2. The van der Waals surface area contributed by atoms with Crippen molar-refractivity contribution in [1.82, 2.24) is 4.90 Å². The van der Waals surface area contributed by atoms with Crippen LogP contribution < -0.4 is 0 Å². The normalized spacial score (nSPS) is 16.7. The lowest BCUT2D eigenvalue weighted by Gasteiger charge is -2.43. The summed E-state index contributed by atoms with van der Waals surface area (Å²) in [6, 6.07) is 10.2. The van der Waals surface area contributed by atoms with Crippen molar-refractivity contribution in [2.75, 3.05) is 13.7 Å². The predicted octanol–water partition coefficient (Wildman–Crippen LogP) is 7.79. The molecule has 1 rings (SSSR count). The molecule has 0 bridgehead atoms. The molecule has 1 amide bonds. The summed E-state index contributed by atoms with van der Waals surface area (Å²) >= 11 is 0. The minimum atomic E-state index is -2.08. The summed E-state index contributed by atoms with van der Waals surface area (Å²) < 4.78 is 13.7. The van der Waals surface area contributed by atoms with Gasteiger partial charge in [-0.2, -0.15) is 0 Å². The molecule has 0 aromatic heterocycles. The molecule has 0 saturated heterocycles. The maximum absolute atomic E-state index is 13.7. The van der Waals surface area contributed by atoms with Gasteiger partial charge in [-0.05, 0) is 68.0 Å². The summed E-state index contributed by atoms with van der Waals surface area (Å²) in [5.41, 5.74) is 1.11. The van der Waals surface area contributed by atoms with Gasteiger partial charge >= 0.3 is 0 Å². The SMILES string of the molecule is C[C@H](C[C@@H](CCCO)O[Si](C)(C)C(C)(C)C)C(=O)N(C)[C@H](C)[C@H](O[Si](C)(C)C(C)(C)C)c1ccccc1. The Balaban J connectivity index is 3.14. The molecule has 0 aliphatic carbocycles. The van der Waals surface area contributed by atoms with Gasteiger partial charge in [0, 0.05) is 25.7 Å². The first-order valence-electron chi connectivity index (χ1n) is 14.0. The Morgan fingerprint density at radius 2 is 1.41 bits per heavy atom. The van der Waals surface area contributed by atoms with Crippen LogP contribution in [0.5, 0.6) is 0 Å². The van der Waals surface area contributed by atoms with Crippen LogP contribution in [0.4, 0.5) is 0 Å². The van der Waals surface area contributed by atoms with E-state index in [9.17, 15) is 9.90 Å². The number of aliphatic hydroxyl groups is 1. The average Bonchev–Trinajstić information content (AvgIpc) is 2.78. The summed E-state index contributed by atoms with van der Waals surface area (Å²) in [4.78, 5) is 15.6. The minimum absolute atomic E-state index is 0.0379. The third-order valence-corrected chi connectivity index (χ3v) is 17.7. The fourth-order valence-electron chi connectivity index (χ4n) is 3.97. The molecular weight excluding hydrogens is 495 g/mol. The van der Waals surface area contributed by atoms with E-state index in [1.165, 1.54) is 0 Å². The summed E-state index contributed by atoms with van der Waals surface area (Å²) in [6.45, 7) is 26.7. The molecule has 5 nitrogen and oxygen atoms in total. The summed E-state index contributed by atoms with van der Waals surface area (Å²) in [5, 5.41) is 9.62. The Morgan fingerprint density at radius 3 is 1.86 bits per heavy atom. The first-order valence-corrected chi connectivity index (χ1v) is 19.8. The van der Waals surface area contributed by atoms with Crippen molar-refractivity contribution in [2.45, 2.75) is 129 Å². The highest BCUT2D eigenvalue weighted by atomic mass is 28.4. The molecule has 4 atom stereocenters. The van der Waals surface area contributed by atoms with Crippen LogP contribution in [-0.4, -0.2) is 58.3 Å². The van der Waals surface area contributed by atoms with E-state index in [1.54, 1.807) is 0 Å². The fourth-order valence-corrected chi connectivity index (χ4v) is 6.69. The topological polar surface area (TPSA) is 59.0 Å². The van der Waals surface area contributed by atoms with Crippen LogP contribution in [0.2, 0.25) is 36.3 Å². The van der Waals surface area contributed by atoms with E-state index in [4.69, 9.17) is 8.85 Å². The highest BCUT2D eigenvalue weighted by molar-refractivity contribution is 6.74. The minimum Gasteiger partial charge on any atom is -0.414 e. The smallest absolute Gasteiger partial charge is 0.225 e. The molecule has 1 aromatic carbocycles. The Bertz CT molecular complexity index is 830. The van der Waals surface area contributed by atoms with Gasteiger partial charge in [-0.25, -0.2) is 0 Å². The summed E-state index contributed by atoms with van der Waals surface area (Å²) in [6.07, 6.45) is 1.87. The van der Waals surface area contributed by atoms with Gasteiger partial charge in [-0.15, -0.1) is 0 Å². The predicted molar refractivity (Wildman–Crippen MR) is 162 cm³/mol. The molecule has 0 aliphatic rings. The molecule has 0 radical (unpaired) electrons. The maximum atomic E-state index is 13.7. The Hall–Kier alpha value is -0.996. The van der Waals surface area contributed by atoms with E-state index < -0.39 is 16.6 Å². The maximum Gasteiger partial charge on any atom is 0.225 e. The zero-order chi connectivity index (χ0) is 28.8. The van der Waals surface area contributed by atoms with Crippen LogP contribution in [-0.2, 0) is 13.6 Å². The zero-order valence-electron chi connectivity index (χ0n) is 26.1. The fraction of sp³-hybridized carbons (Fsp3) is 0.767. The van der Waals surface area contributed by atoms with Gasteiger partial charge in [0.15, 0.2) is 16.6 Å². The number of aliphatic hydroxyl groups excluding tert-OH is 1. The second-order valence-electron chi connectivity index (χ2n) is 13.9. The van der Waals surface area contributed by atoms with E-state index >= 15 is 0 Å². The summed E-state index contributed by atoms with van der Waals surface area (Å²) in [7, 11) is -2.17. The molecule has 0 saturated carbocycles. The van der Waals surface area contributed by atoms with Crippen molar-refractivity contribution in [3.63, 3.8) is 0 Å². The average molecular weight is 552 g/mol. The third kappa shape index (κ3) is 9.61. The van der Waals surface area contributed by atoms with Crippen molar-refractivity contribution in [2.24, 2.45) is 5.92 Å². The molecule has 0 heterocycles. The summed E-state index contributed by atoms with van der Waals surface area (Å²) in [5.74, 6) is -0.0784. The number of amides is 1. The van der Waals surface area contributed by atoms with Crippen molar-refractivity contribution in [3.8, 4) is 0 Å². The highest BCUT2D eigenvalue weighted by Gasteiger charge is 2.42. The number of hydrogen-bond acceptors (Lipinski definition) is 4. The second-order valence-corrected chi connectivity index (χ2v) is 23.4. The molecule has 0 unspecified atom stereocenters. The monoisotopic (exact) mass is 551 g/mol. The van der Waals surface area contributed by atoms with Crippen LogP contribution in [0.15, 0.2) is 30.3 Å². The van der Waals surface area contributed by atoms with E-state index in [-0.39, 0.29) is 46.8 Å². The number of carbonyl (C=O) groups is 1. The first-order chi connectivity index (χ1) is 16.7. The lowest BCUT2D eigenvalue weighted by Crippen LogP contribution is -2.49. The first kappa shape index (κ1) is 34.0. The number of carbonyl (C=O) groups excluding carboxylic acids is 1. The number of nitrogens with zero attached hydrogens (tertiary/aromatic N) is 1. The van der Waals surface area contributed by atoms with Crippen LogP contribution in [0.3, 0.4) is 0 Å². The van der Waals surface area contributed by atoms with Crippen LogP contribution in [0, 0.1) is 5.92 Å². The highest BCUT2D eigenvalue weighted by Crippen LogP contribution is 2.42. The molecule has 37 heavy (non-hydrogen) atoms. The van der Waals surface area contributed by atoms with E-state index in [0.29, 0.717) is 12.8 Å². The number of rotatable bonds is 13. The molecule has 1 aromatic rings. The lowest BCUT2D eigenvalue weighted by molar-refractivity contribution is -0.138. The second kappa shape index (κ2) is 13.4. The van der Waals surface area contributed by atoms with Gasteiger partial charge in [0.25, 0.3) is 0 Å². The van der Waals surface area contributed by atoms with Gasteiger partial charge in [-0.1, -0.05) is 78.8 Å². The van der Waals surface area contributed by atoms with E-state index in [1.807, 2.05) is 37.1 Å². The Labute approximate surface area is 230 Å². The Kier molecular flexibility index (Phi) is 12.3. The van der Waals surface area contributed by atoms with Gasteiger partial charge in [0.1, 0.15) is 0 Å². The largest absolute Gasteiger partial charge is 0.414 e. The zero-order valence-corrected chi connectivity index (χ0v) is 28.1. The lowest BCUT2D eigenvalue weighted by atomic mass is 9.97. The molecule has 0 aliphatic heterocycles. The van der Waals surface area contributed by atoms with Gasteiger partial charge in [0.05, 0.1) is 12.1 Å². The molecule has 7 heteroatoms. The number of likely N-dealkylation sites (N-methyl/N-ethyl adjacent to an activating group) is 1. The number of hydrogen-bond donors (Lipinski definition) is 1. The standard InChI is InChI=1S/C30H57NO4Si2/c1-23(22-26(20-17-21-32)34-36(10,11)29(3,4)5)28(33)31(9)24(2)27(25-18-15-14-16-19-25)35-37(12,13)30(6,7)8/h14-16,18-19,23-24,26-27,32H,17,20-22H2,1-13H3/t23-,24-,26-,27+/m1/s1. The molecule has 0 spiro atoms. The van der Waals surface area contributed by atoms with E-state index in [2.05, 4.69) is 86.8 Å². The Morgan fingerprint density at radius 1 is 0.919 bits per heavy atom. The quantitative estimate of drug-likeness (QED) is 0.254. The van der Waals surface area contributed by atoms with Crippen molar-refractivity contribution in [1.29, 1.82) is 0 Å². The number of benzene rings is 1. The van der Waals surface area contributed by atoms with Gasteiger partial charge in [-0.3, -0.25) is 4.79 Å². The molecule has 1 N–H and O–H groups in total. The molecule has 214 valence electrons.